The van der Waals surface area contributed by atoms with Gasteiger partial charge in [0.05, 0.1) is 7.11 Å². The van der Waals surface area contributed by atoms with Gasteiger partial charge in [-0.2, -0.15) is 0 Å². The quantitative estimate of drug-likeness (QED) is 0.841. The molecule has 96 valence electrons. The van der Waals surface area contributed by atoms with Gasteiger partial charge < -0.3 is 10.5 Å². The normalized spacial score (nSPS) is 14.7. The van der Waals surface area contributed by atoms with E-state index in [1.807, 2.05) is 23.9 Å². The van der Waals surface area contributed by atoms with Gasteiger partial charge in [-0.25, -0.2) is 0 Å². The van der Waals surface area contributed by atoms with Crippen LogP contribution in [0, 0.1) is 0 Å². The number of nitrogens with two attached hydrogens (primary N) is 1. The van der Waals surface area contributed by atoms with E-state index in [1.54, 1.807) is 7.11 Å². The number of methoxy groups -OCH3 is 1. The highest BCUT2D eigenvalue weighted by Crippen LogP contribution is 2.36. The first-order chi connectivity index (χ1) is 8.08. The predicted molar refractivity (Wildman–Crippen MR) is 76.7 cm³/mol. The van der Waals surface area contributed by atoms with Crippen LogP contribution in [0.15, 0.2) is 24.3 Å². The summed E-state index contributed by atoms with van der Waals surface area (Å²) in [7, 11) is 1.70. The molecule has 17 heavy (non-hydrogen) atoms. The lowest BCUT2D eigenvalue weighted by atomic mass is 10.0. The first-order valence-corrected chi connectivity index (χ1v) is 7.07. The monoisotopic (exact) mass is 253 g/mol. The number of rotatable bonds is 6. The van der Waals surface area contributed by atoms with E-state index in [0.717, 1.165) is 12.2 Å². The van der Waals surface area contributed by atoms with E-state index in [1.165, 1.54) is 5.56 Å². The first kappa shape index (κ1) is 14.4. The van der Waals surface area contributed by atoms with E-state index in [-0.39, 0.29) is 6.04 Å². The zero-order chi connectivity index (χ0) is 12.8. The number of hydrogen-bond donors (Lipinski definition) is 1. The second-order valence-electron chi connectivity index (χ2n) is 4.45. The van der Waals surface area contributed by atoms with Crippen molar-refractivity contribution in [3.63, 3.8) is 0 Å². The van der Waals surface area contributed by atoms with E-state index >= 15 is 0 Å². The van der Waals surface area contributed by atoms with Crippen LogP contribution in [0.2, 0.25) is 0 Å². The lowest BCUT2D eigenvalue weighted by Crippen LogP contribution is -2.26. The van der Waals surface area contributed by atoms with Gasteiger partial charge in [0.15, 0.2) is 0 Å². The SMILES string of the molecule is CCC(N)C(SC(C)C)c1cccc(OC)c1. The van der Waals surface area contributed by atoms with Gasteiger partial charge in [0.1, 0.15) is 5.75 Å². The summed E-state index contributed by atoms with van der Waals surface area (Å²) in [6.07, 6.45) is 0.988. The lowest BCUT2D eigenvalue weighted by molar-refractivity contribution is 0.414. The van der Waals surface area contributed by atoms with E-state index in [9.17, 15) is 0 Å². The van der Waals surface area contributed by atoms with Crippen LogP contribution in [0.3, 0.4) is 0 Å². The highest BCUT2D eigenvalue weighted by Gasteiger charge is 2.20. The third-order valence-electron chi connectivity index (χ3n) is 2.70. The Hall–Kier alpha value is -0.670. The van der Waals surface area contributed by atoms with Crippen molar-refractivity contribution in [3.8, 4) is 5.75 Å². The minimum atomic E-state index is 0.189. The van der Waals surface area contributed by atoms with Crippen molar-refractivity contribution in [3.05, 3.63) is 29.8 Å². The fourth-order valence-corrected chi connectivity index (χ4v) is 3.04. The van der Waals surface area contributed by atoms with Crippen molar-refractivity contribution in [2.75, 3.05) is 7.11 Å². The van der Waals surface area contributed by atoms with E-state index in [0.29, 0.717) is 10.5 Å². The summed E-state index contributed by atoms with van der Waals surface area (Å²) in [5.41, 5.74) is 7.49. The molecule has 2 nitrogen and oxygen atoms in total. The van der Waals surface area contributed by atoms with E-state index in [2.05, 4.69) is 32.9 Å². The van der Waals surface area contributed by atoms with Gasteiger partial charge in [-0.3, -0.25) is 0 Å². The number of thioether (sulfide) groups is 1. The molecule has 0 saturated carbocycles. The summed E-state index contributed by atoms with van der Waals surface area (Å²) in [6, 6.07) is 8.42. The summed E-state index contributed by atoms with van der Waals surface area (Å²) >= 11 is 1.92. The molecule has 0 amide bonds. The summed E-state index contributed by atoms with van der Waals surface area (Å²) in [5.74, 6) is 0.903. The zero-order valence-electron chi connectivity index (χ0n) is 11.1. The molecule has 0 bridgehead atoms. The minimum Gasteiger partial charge on any atom is -0.497 e. The van der Waals surface area contributed by atoms with Crippen molar-refractivity contribution in [2.24, 2.45) is 5.73 Å². The molecular weight excluding hydrogens is 230 g/mol. The summed E-state index contributed by atoms with van der Waals surface area (Å²) in [5, 5.41) is 0.916. The van der Waals surface area contributed by atoms with Gasteiger partial charge in [-0.05, 0) is 29.4 Å². The molecule has 0 aromatic heterocycles. The number of ether oxygens (including phenoxy) is 1. The van der Waals surface area contributed by atoms with Crippen LogP contribution >= 0.6 is 11.8 Å². The van der Waals surface area contributed by atoms with Crippen LogP contribution in [0.4, 0.5) is 0 Å². The average molecular weight is 253 g/mol. The highest BCUT2D eigenvalue weighted by atomic mass is 32.2. The summed E-state index contributed by atoms with van der Waals surface area (Å²) in [4.78, 5) is 0. The molecule has 3 heteroatoms. The van der Waals surface area contributed by atoms with Crippen LogP contribution in [0.25, 0.3) is 0 Å². The molecule has 0 aliphatic rings. The van der Waals surface area contributed by atoms with E-state index < -0.39 is 0 Å². The van der Waals surface area contributed by atoms with Gasteiger partial charge in [0.2, 0.25) is 0 Å². The first-order valence-electron chi connectivity index (χ1n) is 6.13. The number of benzene rings is 1. The minimum absolute atomic E-state index is 0.189. The molecule has 1 aromatic carbocycles. The second kappa shape index (κ2) is 6.92. The third kappa shape index (κ3) is 4.25. The molecule has 2 atom stereocenters. The van der Waals surface area contributed by atoms with Crippen molar-refractivity contribution in [1.29, 1.82) is 0 Å². The maximum Gasteiger partial charge on any atom is 0.119 e. The molecule has 1 aromatic rings. The molecule has 0 aliphatic carbocycles. The number of hydrogen-bond acceptors (Lipinski definition) is 3. The van der Waals surface area contributed by atoms with Crippen molar-refractivity contribution in [1.82, 2.24) is 0 Å². The standard InChI is InChI=1S/C14H23NOS/c1-5-13(15)14(17-10(2)3)11-7-6-8-12(9-11)16-4/h6-10,13-14H,5,15H2,1-4H3. The Labute approximate surface area is 109 Å². The Kier molecular flexibility index (Phi) is 5.86. The molecule has 0 saturated heterocycles. The Balaban J connectivity index is 2.94. The van der Waals surface area contributed by atoms with Crippen LogP contribution in [0.5, 0.6) is 5.75 Å². The second-order valence-corrected chi connectivity index (χ2v) is 6.18. The molecular formula is C14H23NOS. The molecule has 2 N–H and O–H groups in total. The fraction of sp³-hybridized carbons (Fsp3) is 0.571. The smallest absolute Gasteiger partial charge is 0.119 e. The Morgan fingerprint density at radius 1 is 1.35 bits per heavy atom. The van der Waals surface area contributed by atoms with Gasteiger partial charge in [-0.15, -0.1) is 11.8 Å². The molecule has 1 rings (SSSR count). The Bertz CT molecular complexity index is 341. The maximum absolute atomic E-state index is 6.23. The largest absolute Gasteiger partial charge is 0.497 e. The predicted octanol–water partition coefficient (Wildman–Crippen LogP) is 3.62. The van der Waals surface area contributed by atoms with Crippen LogP contribution in [-0.4, -0.2) is 18.4 Å². The van der Waals surface area contributed by atoms with Crippen molar-refractivity contribution < 1.29 is 4.74 Å². The molecule has 2 unspecified atom stereocenters. The molecule has 0 fully saturated rings. The van der Waals surface area contributed by atoms with Gasteiger partial charge in [-0.1, -0.05) is 32.9 Å². The zero-order valence-corrected chi connectivity index (χ0v) is 12.0. The van der Waals surface area contributed by atoms with Crippen LogP contribution < -0.4 is 10.5 Å². The van der Waals surface area contributed by atoms with Crippen molar-refractivity contribution in [2.45, 2.75) is 43.7 Å². The van der Waals surface area contributed by atoms with Crippen LogP contribution in [0.1, 0.15) is 38.0 Å². The fourth-order valence-electron chi connectivity index (χ4n) is 1.75. The average Bonchev–Trinajstić information content (AvgIpc) is 2.35. The van der Waals surface area contributed by atoms with Gasteiger partial charge in [0.25, 0.3) is 0 Å². The molecule has 0 aliphatic heterocycles. The molecule has 0 spiro atoms. The molecule has 0 radical (unpaired) electrons. The van der Waals surface area contributed by atoms with E-state index in [4.69, 9.17) is 10.5 Å². The highest BCUT2D eigenvalue weighted by molar-refractivity contribution is 8.00. The Morgan fingerprint density at radius 2 is 2.06 bits per heavy atom. The molecule has 0 heterocycles. The summed E-state index contributed by atoms with van der Waals surface area (Å²) in [6.45, 7) is 6.55. The van der Waals surface area contributed by atoms with Gasteiger partial charge in [0, 0.05) is 11.3 Å². The lowest BCUT2D eigenvalue weighted by Gasteiger charge is -2.25. The van der Waals surface area contributed by atoms with Crippen molar-refractivity contribution >= 4 is 11.8 Å². The Morgan fingerprint density at radius 3 is 2.59 bits per heavy atom. The third-order valence-corrected chi connectivity index (χ3v) is 4.16. The topological polar surface area (TPSA) is 35.2 Å². The maximum atomic E-state index is 6.23. The van der Waals surface area contributed by atoms with Gasteiger partial charge >= 0.3 is 0 Å². The van der Waals surface area contributed by atoms with Crippen LogP contribution in [-0.2, 0) is 0 Å². The summed E-state index contributed by atoms with van der Waals surface area (Å²) < 4.78 is 5.27.